The molecular weight excluding hydrogens is 206 g/mol. The van der Waals surface area contributed by atoms with Crippen molar-refractivity contribution in [2.45, 2.75) is 13.0 Å². The van der Waals surface area contributed by atoms with Gasteiger partial charge in [-0.2, -0.15) is 0 Å². The van der Waals surface area contributed by atoms with Crippen LogP contribution in [0, 0.1) is 0 Å². The molecule has 1 unspecified atom stereocenters. The largest absolute Gasteiger partial charge is 0.477 e. The Balaban J connectivity index is 2.64. The van der Waals surface area contributed by atoms with Crippen molar-refractivity contribution in [3.63, 3.8) is 0 Å². The fourth-order valence-electron chi connectivity index (χ4n) is 0.875. The van der Waals surface area contributed by atoms with E-state index in [1.807, 2.05) is 0 Å². The Labute approximate surface area is 86.8 Å². The molecule has 1 rings (SSSR count). The molecule has 1 aromatic heterocycles. The lowest BCUT2D eigenvalue weighted by molar-refractivity contribution is -0.147. The van der Waals surface area contributed by atoms with Crippen molar-refractivity contribution in [3.8, 4) is 5.75 Å². The quantitative estimate of drug-likeness (QED) is 0.720. The molecule has 1 atom stereocenters. The number of nitrogens with zero attached hydrogens (tertiary/aromatic N) is 1. The number of rotatable bonds is 3. The highest BCUT2D eigenvalue weighted by Crippen LogP contribution is 2.16. The Morgan fingerprint density at radius 2 is 2.29 bits per heavy atom. The Bertz CT molecular complexity index is 330. The minimum absolute atomic E-state index is 0.440. The van der Waals surface area contributed by atoms with Gasteiger partial charge in [-0.05, 0) is 6.92 Å². The first-order valence-electron chi connectivity index (χ1n) is 3.98. The SMILES string of the molecule is COC(=O)C(C)Oc1cncc(Cl)c1. The molecule has 0 aliphatic heterocycles. The molecule has 1 heterocycles. The van der Waals surface area contributed by atoms with Crippen LogP contribution in [0.4, 0.5) is 0 Å². The molecule has 0 spiro atoms. The van der Waals surface area contributed by atoms with Gasteiger partial charge in [-0.1, -0.05) is 11.6 Å². The molecule has 1 aromatic rings. The number of pyridine rings is 1. The number of carbonyl (C=O) groups is 1. The van der Waals surface area contributed by atoms with E-state index in [2.05, 4.69) is 9.72 Å². The molecule has 0 aromatic carbocycles. The molecule has 0 N–H and O–H groups in total. The highest BCUT2D eigenvalue weighted by atomic mass is 35.5. The maximum Gasteiger partial charge on any atom is 0.346 e. The second kappa shape index (κ2) is 4.81. The summed E-state index contributed by atoms with van der Waals surface area (Å²) in [7, 11) is 1.30. The lowest BCUT2D eigenvalue weighted by Gasteiger charge is -2.11. The van der Waals surface area contributed by atoms with Crippen LogP contribution in [0.5, 0.6) is 5.75 Å². The number of aromatic nitrogens is 1. The Morgan fingerprint density at radius 1 is 1.57 bits per heavy atom. The van der Waals surface area contributed by atoms with E-state index in [0.29, 0.717) is 10.8 Å². The van der Waals surface area contributed by atoms with Crippen LogP contribution in [0.25, 0.3) is 0 Å². The van der Waals surface area contributed by atoms with Crippen LogP contribution in [0.15, 0.2) is 18.5 Å². The van der Waals surface area contributed by atoms with Gasteiger partial charge in [-0.25, -0.2) is 4.79 Å². The van der Waals surface area contributed by atoms with Crippen LogP contribution in [-0.4, -0.2) is 24.2 Å². The van der Waals surface area contributed by atoms with Crippen LogP contribution >= 0.6 is 11.6 Å². The molecule has 0 bridgehead atoms. The monoisotopic (exact) mass is 215 g/mol. The van der Waals surface area contributed by atoms with E-state index in [1.54, 1.807) is 13.0 Å². The minimum atomic E-state index is -0.666. The first-order valence-corrected chi connectivity index (χ1v) is 4.36. The van der Waals surface area contributed by atoms with Crippen LogP contribution in [-0.2, 0) is 9.53 Å². The van der Waals surface area contributed by atoms with Gasteiger partial charge in [0.15, 0.2) is 6.10 Å². The molecule has 0 saturated carbocycles. The van der Waals surface area contributed by atoms with Crippen molar-refractivity contribution >= 4 is 17.6 Å². The van der Waals surface area contributed by atoms with Crippen molar-refractivity contribution in [3.05, 3.63) is 23.5 Å². The lowest BCUT2D eigenvalue weighted by atomic mass is 10.4. The smallest absolute Gasteiger partial charge is 0.346 e. The summed E-state index contributed by atoms with van der Waals surface area (Å²) in [5.74, 6) is 0.000348. The van der Waals surface area contributed by atoms with Gasteiger partial charge in [-0.15, -0.1) is 0 Å². The standard InChI is InChI=1S/C9H10ClNO3/c1-6(9(12)13-2)14-8-3-7(10)4-11-5-8/h3-6H,1-2H3. The third-order valence-electron chi connectivity index (χ3n) is 1.53. The normalized spacial score (nSPS) is 11.9. The van der Waals surface area contributed by atoms with Crippen molar-refractivity contribution in [2.75, 3.05) is 7.11 Å². The van der Waals surface area contributed by atoms with Crippen LogP contribution < -0.4 is 4.74 Å². The average molecular weight is 216 g/mol. The fraction of sp³-hybridized carbons (Fsp3) is 0.333. The maximum atomic E-state index is 11.0. The van der Waals surface area contributed by atoms with E-state index >= 15 is 0 Å². The molecule has 5 heteroatoms. The number of ether oxygens (including phenoxy) is 2. The van der Waals surface area contributed by atoms with Gasteiger partial charge in [-0.3, -0.25) is 4.98 Å². The zero-order chi connectivity index (χ0) is 10.6. The summed E-state index contributed by atoms with van der Waals surface area (Å²) >= 11 is 5.68. The van der Waals surface area contributed by atoms with Gasteiger partial charge in [0.1, 0.15) is 5.75 Å². The summed E-state index contributed by atoms with van der Waals surface area (Å²) in [6.07, 6.45) is 2.29. The highest BCUT2D eigenvalue weighted by molar-refractivity contribution is 6.30. The fourth-order valence-corrected chi connectivity index (χ4v) is 1.04. The van der Waals surface area contributed by atoms with Gasteiger partial charge < -0.3 is 9.47 Å². The molecule has 76 valence electrons. The van der Waals surface area contributed by atoms with E-state index < -0.39 is 12.1 Å². The van der Waals surface area contributed by atoms with Crippen molar-refractivity contribution in [1.29, 1.82) is 0 Å². The molecular formula is C9H10ClNO3. The molecule has 0 amide bonds. The number of carbonyl (C=O) groups excluding carboxylic acids is 1. The molecule has 14 heavy (non-hydrogen) atoms. The van der Waals surface area contributed by atoms with Crippen LogP contribution in [0.2, 0.25) is 5.02 Å². The Kier molecular flexibility index (Phi) is 3.71. The number of halogens is 1. The zero-order valence-corrected chi connectivity index (χ0v) is 8.62. The molecule has 0 aliphatic carbocycles. The number of hydrogen-bond acceptors (Lipinski definition) is 4. The van der Waals surface area contributed by atoms with Crippen molar-refractivity contribution in [1.82, 2.24) is 4.98 Å². The first kappa shape index (κ1) is 10.8. The highest BCUT2D eigenvalue weighted by Gasteiger charge is 2.14. The second-order valence-corrected chi connectivity index (χ2v) is 3.06. The number of methoxy groups -OCH3 is 1. The number of esters is 1. The van der Waals surface area contributed by atoms with Gasteiger partial charge in [0, 0.05) is 12.3 Å². The predicted molar refractivity (Wildman–Crippen MR) is 51.4 cm³/mol. The maximum absolute atomic E-state index is 11.0. The number of hydrogen-bond donors (Lipinski definition) is 0. The molecule has 0 saturated heterocycles. The van der Waals surface area contributed by atoms with Crippen LogP contribution in [0.3, 0.4) is 0 Å². The van der Waals surface area contributed by atoms with Gasteiger partial charge >= 0.3 is 5.97 Å². The summed E-state index contributed by atoms with van der Waals surface area (Å²) in [5, 5.41) is 0.458. The van der Waals surface area contributed by atoms with Crippen molar-refractivity contribution < 1.29 is 14.3 Å². The summed E-state index contributed by atoms with van der Waals surface area (Å²) in [5.41, 5.74) is 0. The first-order chi connectivity index (χ1) is 6.63. The third kappa shape index (κ3) is 2.88. The minimum Gasteiger partial charge on any atom is -0.477 e. The predicted octanol–water partition coefficient (Wildman–Crippen LogP) is 1.68. The van der Waals surface area contributed by atoms with Crippen molar-refractivity contribution in [2.24, 2.45) is 0 Å². The Hall–Kier alpha value is -1.29. The lowest BCUT2D eigenvalue weighted by Crippen LogP contribution is -2.24. The Morgan fingerprint density at radius 3 is 2.86 bits per heavy atom. The van der Waals surface area contributed by atoms with E-state index in [0.717, 1.165) is 0 Å². The molecule has 0 aliphatic rings. The summed E-state index contributed by atoms with van der Waals surface area (Å²) in [6, 6.07) is 1.58. The van der Waals surface area contributed by atoms with E-state index in [9.17, 15) is 4.79 Å². The molecule has 4 nitrogen and oxygen atoms in total. The van der Waals surface area contributed by atoms with E-state index in [4.69, 9.17) is 16.3 Å². The second-order valence-electron chi connectivity index (χ2n) is 2.62. The summed E-state index contributed by atoms with van der Waals surface area (Å²) < 4.78 is 9.72. The average Bonchev–Trinajstić information content (AvgIpc) is 2.16. The third-order valence-corrected chi connectivity index (χ3v) is 1.73. The van der Waals surface area contributed by atoms with E-state index in [1.165, 1.54) is 19.5 Å². The molecule has 0 fully saturated rings. The molecule has 0 radical (unpaired) electrons. The van der Waals surface area contributed by atoms with Gasteiger partial charge in [0.2, 0.25) is 0 Å². The summed E-state index contributed by atoms with van der Waals surface area (Å²) in [4.78, 5) is 14.8. The van der Waals surface area contributed by atoms with Crippen LogP contribution in [0.1, 0.15) is 6.92 Å². The summed E-state index contributed by atoms with van der Waals surface area (Å²) in [6.45, 7) is 1.59. The zero-order valence-electron chi connectivity index (χ0n) is 7.86. The van der Waals surface area contributed by atoms with Gasteiger partial charge in [0.25, 0.3) is 0 Å². The topological polar surface area (TPSA) is 48.4 Å². The van der Waals surface area contributed by atoms with E-state index in [-0.39, 0.29) is 0 Å². The van der Waals surface area contributed by atoms with Gasteiger partial charge in [0.05, 0.1) is 18.3 Å².